The summed E-state index contributed by atoms with van der Waals surface area (Å²) in [5, 5.41) is 0. The Kier molecular flexibility index (Phi) is 4.56. The van der Waals surface area contributed by atoms with E-state index in [-0.39, 0.29) is 0 Å². The number of hydrogen-bond donors (Lipinski definition) is 1. The van der Waals surface area contributed by atoms with Crippen molar-refractivity contribution < 1.29 is 0 Å². The topological polar surface area (TPSA) is 55.0 Å². The average molecular weight is 270 g/mol. The molecule has 0 fully saturated rings. The van der Waals surface area contributed by atoms with Gasteiger partial charge < -0.3 is 10.6 Å². The number of nitrogen functional groups attached to an aromatic ring is 1. The highest BCUT2D eigenvalue weighted by molar-refractivity contribution is 5.46. The number of aryl methyl sites for hydroxylation is 2. The zero-order valence-corrected chi connectivity index (χ0v) is 12.4. The highest BCUT2D eigenvalue weighted by Crippen LogP contribution is 2.19. The molecule has 0 aliphatic rings. The van der Waals surface area contributed by atoms with Gasteiger partial charge in [-0.25, -0.2) is 4.98 Å². The number of nitrogens with zero attached hydrogens (tertiary/aromatic N) is 3. The highest BCUT2D eigenvalue weighted by Gasteiger charge is 2.12. The van der Waals surface area contributed by atoms with Crippen LogP contribution in [0.15, 0.2) is 30.5 Å². The third-order valence-corrected chi connectivity index (χ3v) is 3.17. The maximum Gasteiger partial charge on any atom is 0.150 e. The number of aromatic nitrogens is 2. The molecule has 0 aliphatic heterocycles. The second-order valence-corrected chi connectivity index (χ2v) is 5.09. The molecule has 106 valence electrons. The molecule has 4 heteroatoms. The first-order chi connectivity index (χ1) is 9.60. The smallest absolute Gasteiger partial charge is 0.150 e. The molecule has 0 saturated carbocycles. The molecule has 2 aromatic rings. The lowest BCUT2D eigenvalue weighted by atomic mass is 10.2. The number of hydrogen-bond acceptors (Lipinski definition) is 4. The van der Waals surface area contributed by atoms with E-state index in [4.69, 9.17) is 5.73 Å². The highest BCUT2D eigenvalue weighted by atomic mass is 15.2. The molecule has 0 radical (unpaired) electrons. The van der Waals surface area contributed by atoms with Crippen LogP contribution in [0.1, 0.15) is 30.3 Å². The summed E-state index contributed by atoms with van der Waals surface area (Å²) in [5.74, 6) is 0.967. The Morgan fingerprint density at radius 1 is 1.25 bits per heavy atom. The van der Waals surface area contributed by atoms with Crippen LogP contribution in [-0.2, 0) is 6.54 Å². The van der Waals surface area contributed by atoms with Gasteiger partial charge in [-0.3, -0.25) is 4.98 Å². The molecule has 0 bridgehead atoms. The van der Waals surface area contributed by atoms with Crippen LogP contribution in [0.4, 0.5) is 11.5 Å². The third-order valence-electron chi connectivity index (χ3n) is 3.17. The summed E-state index contributed by atoms with van der Waals surface area (Å²) in [6.07, 6.45) is 2.88. The van der Waals surface area contributed by atoms with E-state index in [0.717, 1.165) is 42.4 Å². The SMILES string of the molecule is CCCN(Cc1cccc(N)c1)c1nc(C)cnc1C. The molecule has 2 N–H and O–H groups in total. The maximum atomic E-state index is 5.85. The average Bonchev–Trinajstić information content (AvgIpc) is 2.41. The first-order valence-corrected chi connectivity index (χ1v) is 6.99. The molecule has 0 atom stereocenters. The Balaban J connectivity index is 2.29. The summed E-state index contributed by atoms with van der Waals surface area (Å²) in [4.78, 5) is 11.3. The Labute approximate surface area is 120 Å². The van der Waals surface area contributed by atoms with E-state index in [1.165, 1.54) is 5.56 Å². The fraction of sp³-hybridized carbons (Fsp3) is 0.375. The van der Waals surface area contributed by atoms with Gasteiger partial charge in [0.2, 0.25) is 0 Å². The van der Waals surface area contributed by atoms with Crippen molar-refractivity contribution in [2.24, 2.45) is 0 Å². The summed E-state index contributed by atoms with van der Waals surface area (Å²) in [5.41, 5.74) is 9.76. The van der Waals surface area contributed by atoms with Gasteiger partial charge in [-0.1, -0.05) is 19.1 Å². The van der Waals surface area contributed by atoms with Gasteiger partial charge in [-0.2, -0.15) is 0 Å². The summed E-state index contributed by atoms with van der Waals surface area (Å²) >= 11 is 0. The lowest BCUT2D eigenvalue weighted by molar-refractivity contribution is 0.744. The molecule has 4 nitrogen and oxygen atoms in total. The zero-order chi connectivity index (χ0) is 14.5. The molecule has 1 heterocycles. The van der Waals surface area contributed by atoms with Gasteiger partial charge in [0.1, 0.15) is 0 Å². The fourth-order valence-electron chi connectivity index (χ4n) is 2.27. The molecular formula is C16H22N4. The van der Waals surface area contributed by atoms with Crippen LogP contribution in [0.2, 0.25) is 0 Å². The molecule has 0 saturated heterocycles. The Hall–Kier alpha value is -2.10. The van der Waals surface area contributed by atoms with Gasteiger partial charge in [0.15, 0.2) is 5.82 Å². The van der Waals surface area contributed by atoms with Gasteiger partial charge in [0.05, 0.1) is 11.4 Å². The first-order valence-electron chi connectivity index (χ1n) is 6.99. The molecule has 0 aliphatic carbocycles. The van der Waals surface area contributed by atoms with E-state index in [0.29, 0.717) is 0 Å². The second kappa shape index (κ2) is 6.37. The summed E-state index contributed by atoms with van der Waals surface area (Å²) in [7, 11) is 0. The van der Waals surface area contributed by atoms with Crippen LogP contribution in [0, 0.1) is 13.8 Å². The van der Waals surface area contributed by atoms with Gasteiger partial charge in [0.25, 0.3) is 0 Å². The van der Waals surface area contributed by atoms with Crippen molar-refractivity contribution in [1.82, 2.24) is 9.97 Å². The molecule has 0 unspecified atom stereocenters. The normalized spacial score (nSPS) is 10.6. The Morgan fingerprint density at radius 3 is 2.75 bits per heavy atom. The molecule has 1 aromatic carbocycles. The Morgan fingerprint density at radius 2 is 2.05 bits per heavy atom. The number of rotatable bonds is 5. The van der Waals surface area contributed by atoms with Crippen LogP contribution in [-0.4, -0.2) is 16.5 Å². The summed E-state index contributed by atoms with van der Waals surface area (Å²) in [6.45, 7) is 7.90. The summed E-state index contributed by atoms with van der Waals surface area (Å²) in [6, 6.07) is 8.01. The summed E-state index contributed by atoms with van der Waals surface area (Å²) < 4.78 is 0. The minimum absolute atomic E-state index is 0.797. The van der Waals surface area contributed by atoms with Crippen LogP contribution >= 0.6 is 0 Å². The largest absolute Gasteiger partial charge is 0.399 e. The monoisotopic (exact) mass is 270 g/mol. The van der Waals surface area contributed by atoms with Crippen molar-refractivity contribution in [2.75, 3.05) is 17.2 Å². The van der Waals surface area contributed by atoms with E-state index >= 15 is 0 Å². The Bertz CT molecular complexity index is 580. The lowest BCUT2D eigenvalue weighted by Gasteiger charge is -2.25. The fourth-order valence-corrected chi connectivity index (χ4v) is 2.27. The van der Waals surface area contributed by atoms with Crippen molar-refractivity contribution in [3.63, 3.8) is 0 Å². The first kappa shape index (κ1) is 14.3. The van der Waals surface area contributed by atoms with Crippen LogP contribution in [0.3, 0.4) is 0 Å². The van der Waals surface area contributed by atoms with Crippen LogP contribution in [0.25, 0.3) is 0 Å². The van der Waals surface area contributed by atoms with Crippen molar-refractivity contribution in [2.45, 2.75) is 33.7 Å². The van der Waals surface area contributed by atoms with Crippen molar-refractivity contribution in [3.8, 4) is 0 Å². The third kappa shape index (κ3) is 3.47. The molecule has 2 rings (SSSR count). The molecular weight excluding hydrogens is 248 g/mol. The van der Waals surface area contributed by atoms with Crippen LogP contribution in [0.5, 0.6) is 0 Å². The minimum atomic E-state index is 0.797. The number of nitrogens with two attached hydrogens (primary N) is 1. The standard InChI is InChI=1S/C16H22N4/c1-4-8-20(11-14-6-5-7-15(17)9-14)16-13(3)18-10-12(2)19-16/h5-7,9-10H,4,8,11,17H2,1-3H3. The second-order valence-electron chi connectivity index (χ2n) is 5.09. The van der Waals surface area contributed by atoms with Crippen LogP contribution < -0.4 is 10.6 Å². The quantitative estimate of drug-likeness (QED) is 0.848. The predicted molar refractivity (Wildman–Crippen MR) is 83.7 cm³/mol. The molecule has 1 aromatic heterocycles. The van der Waals surface area contributed by atoms with E-state index in [2.05, 4.69) is 27.9 Å². The van der Waals surface area contributed by atoms with Gasteiger partial charge in [-0.15, -0.1) is 0 Å². The molecule has 0 amide bonds. The van der Waals surface area contributed by atoms with Gasteiger partial charge >= 0.3 is 0 Å². The van der Waals surface area contributed by atoms with E-state index < -0.39 is 0 Å². The molecule has 20 heavy (non-hydrogen) atoms. The van der Waals surface area contributed by atoms with E-state index in [1.54, 1.807) is 0 Å². The zero-order valence-electron chi connectivity index (χ0n) is 12.4. The van der Waals surface area contributed by atoms with E-state index in [9.17, 15) is 0 Å². The minimum Gasteiger partial charge on any atom is -0.399 e. The van der Waals surface area contributed by atoms with Crippen molar-refractivity contribution in [3.05, 3.63) is 47.4 Å². The van der Waals surface area contributed by atoms with Gasteiger partial charge in [-0.05, 0) is 38.0 Å². The predicted octanol–water partition coefficient (Wildman–Crippen LogP) is 3.09. The van der Waals surface area contributed by atoms with Crippen molar-refractivity contribution in [1.29, 1.82) is 0 Å². The maximum absolute atomic E-state index is 5.85. The van der Waals surface area contributed by atoms with Crippen molar-refractivity contribution >= 4 is 11.5 Å². The lowest BCUT2D eigenvalue weighted by Crippen LogP contribution is -2.26. The number of benzene rings is 1. The van der Waals surface area contributed by atoms with E-state index in [1.807, 2.05) is 38.2 Å². The van der Waals surface area contributed by atoms with Gasteiger partial charge in [0, 0.05) is 25.0 Å². The number of anilines is 2. The molecule has 0 spiro atoms.